The topological polar surface area (TPSA) is 12.0 Å². The summed E-state index contributed by atoms with van der Waals surface area (Å²) < 4.78 is 13.7. The fraction of sp³-hybridized carbons (Fsp3) is 0.647. The smallest absolute Gasteiger partial charge is 0.146 e. The summed E-state index contributed by atoms with van der Waals surface area (Å²) in [6.07, 6.45) is 8.54. The van der Waals surface area contributed by atoms with Gasteiger partial charge in [-0.2, -0.15) is 0 Å². The van der Waals surface area contributed by atoms with Crippen LogP contribution in [0.5, 0.6) is 0 Å². The molecular weight excluding hydrogens is 237 g/mol. The van der Waals surface area contributed by atoms with E-state index >= 15 is 0 Å². The molecule has 0 radical (unpaired) electrons. The molecular formula is C17H22FN. The van der Waals surface area contributed by atoms with E-state index in [9.17, 15) is 4.39 Å². The van der Waals surface area contributed by atoms with Crippen LogP contribution in [0.15, 0.2) is 24.3 Å². The van der Waals surface area contributed by atoms with Crippen LogP contribution in [0.2, 0.25) is 0 Å². The highest BCUT2D eigenvalue weighted by atomic mass is 19.1. The van der Waals surface area contributed by atoms with Crippen LogP contribution in [0.3, 0.4) is 0 Å². The summed E-state index contributed by atoms with van der Waals surface area (Å²) in [5.41, 5.74) is 1.15. The van der Waals surface area contributed by atoms with Gasteiger partial charge in [-0.15, -0.1) is 0 Å². The third-order valence-corrected chi connectivity index (χ3v) is 5.69. The average Bonchev–Trinajstić information content (AvgIpc) is 2.36. The van der Waals surface area contributed by atoms with Crippen molar-refractivity contribution >= 4 is 5.69 Å². The second kappa shape index (κ2) is 4.22. The highest BCUT2D eigenvalue weighted by Gasteiger charge is 2.50. The Morgan fingerprint density at radius 2 is 1.58 bits per heavy atom. The van der Waals surface area contributed by atoms with E-state index in [2.05, 4.69) is 5.32 Å². The predicted octanol–water partition coefficient (Wildman–Crippen LogP) is 4.45. The molecule has 0 aromatic heterocycles. The van der Waals surface area contributed by atoms with Crippen molar-refractivity contribution in [2.24, 2.45) is 23.2 Å². The van der Waals surface area contributed by atoms with E-state index in [0.717, 1.165) is 24.3 Å². The van der Waals surface area contributed by atoms with E-state index in [1.807, 2.05) is 12.1 Å². The molecule has 0 spiro atoms. The van der Waals surface area contributed by atoms with Gasteiger partial charge >= 0.3 is 0 Å². The van der Waals surface area contributed by atoms with Gasteiger partial charge in [0.25, 0.3) is 0 Å². The maximum absolute atomic E-state index is 13.7. The van der Waals surface area contributed by atoms with Crippen molar-refractivity contribution < 1.29 is 4.39 Å². The Morgan fingerprint density at radius 3 is 2.16 bits per heavy atom. The lowest BCUT2D eigenvalue weighted by Gasteiger charge is -2.57. The van der Waals surface area contributed by atoms with E-state index in [1.165, 1.54) is 38.5 Å². The third-order valence-electron chi connectivity index (χ3n) is 5.69. The molecule has 1 aromatic carbocycles. The normalized spacial score (nSPS) is 39.5. The molecule has 1 N–H and O–H groups in total. The first-order chi connectivity index (χ1) is 9.22. The summed E-state index contributed by atoms with van der Waals surface area (Å²) >= 11 is 0. The van der Waals surface area contributed by atoms with Gasteiger partial charge in [0.15, 0.2) is 0 Å². The van der Waals surface area contributed by atoms with Crippen LogP contribution < -0.4 is 5.32 Å². The minimum absolute atomic E-state index is 0.118. The van der Waals surface area contributed by atoms with Crippen LogP contribution in [-0.4, -0.2) is 6.54 Å². The molecule has 2 heteroatoms. The molecule has 0 amide bonds. The van der Waals surface area contributed by atoms with E-state index in [4.69, 9.17) is 0 Å². The van der Waals surface area contributed by atoms with Gasteiger partial charge in [0.05, 0.1) is 5.69 Å². The lowest BCUT2D eigenvalue weighted by molar-refractivity contribution is -0.0444. The molecule has 4 aliphatic carbocycles. The number of hydrogen-bond donors (Lipinski definition) is 1. The second-order valence-electron chi connectivity index (χ2n) is 7.25. The first-order valence-corrected chi connectivity index (χ1v) is 7.71. The van der Waals surface area contributed by atoms with Crippen LogP contribution in [0.4, 0.5) is 10.1 Å². The molecule has 0 saturated heterocycles. The molecule has 4 fully saturated rings. The van der Waals surface area contributed by atoms with Gasteiger partial charge in [0, 0.05) is 6.54 Å². The Kier molecular flexibility index (Phi) is 2.61. The second-order valence-corrected chi connectivity index (χ2v) is 7.25. The summed E-state index contributed by atoms with van der Waals surface area (Å²) in [6.45, 7) is 0.970. The standard InChI is InChI=1S/C17H22FN/c18-15-3-1-2-4-16(15)19-11-17-8-12-5-13(9-17)7-14(6-12)10-17/h1-4,12-14,19H,5-11H2. The van der Waals surface area contributed by atoms with E-state index in [-0.39, 0.29) is 5.82 Å². The third kappa shape index (κ3) is 2.05. The molecule has 19 heavy (non-hydrogen) atoms. The van der Waals surface area contributed by atoms with Crippen molar-refractivity contribution in [3.05, 3.63) is 30.1 Å². The summed E-state index contributed by atoms with van der Waals surface area (Å²) in [6, 6.07) is 7.06. The molecule has 0 heterocycles. The van der Waals surface area contributed by atoms with E-state index in [1.54, 1.807) is 12.1 Å². The highest BCUT2D eigenvalue weighted by molar-refractivity contribution is 5.44. The number of nitrogens with one attached hydrogen (secondary N) is 1. The molecule has 5 rings (SSSR count). The molecule has 102 valence electrons. The molecule has 4 saturated carbocycles. The zero-order chi connectivity index (χ0) is 12.9. The van der Waals surface area contributed by atoms with Gasteiger partial charge in [-0.3, -0.25) is 0 Å². The van der Waals surface area contributed by atoms with Crippen LogP contribution in [0.25, 0.3) is 0 Å². The Morgan fingerprint density at radius 1 is 1.00 bits per heavy atom. The number of anilines is 1. The summed E-state index contributed by atoms with van der Waals surface area (Å²) in [5.74, 6) is 2.78. The summed E-state index contributed by atoms with van der Waals surface area (Å²) in [5, 5.41) is 3.39. The summed E-state index contributed by atoms with van der Waals surface area (Å²) in [7, 11) is 0. The average molecular weight is 259 g/mol. The van der Waals surface area contributed by atoms with Crippen molar-refractivity contribution in [3.63, 3.8) is 0 Å². The number of benzene rings is 1. The predicted molar refractivity (Wildman–Crippen MR) is 75.5 cm³/mol. The summed E-state index contributed by atoms with van der Waals surface area (Å²) in [4.78, 5) is 0. The first-order valence-electron chi connectivity index (χ1n) is 7.71. The van der Waals surface area contributed by atoms with Gasteiger partial charge < -0.3 is 5.32 Å². The molecule has 1 nitrogen and oxygen atoms in total. The highest BCUT2D eigenvalue weighted by Crippen LogP contribution is 2.59. The Bertz CT molecular complexity index is 447. The molecule has 0 aliphatic heterocycles. The monoisotopic (exact) mass is 259 g/mol. The van der Waals surface area contributed by atoms with Crippen molar-refractivity contribution in [1.82, 2.24) is 0 Å². The van der Waals surface area contributed by atoms with Gasteiger partial charge in [-0.05, 0) is 73.8 Å². The quantitative estimate of drug-likeness (QED) is 0.845. The number of halogens is 1. The number of rotatable bonds is 3. The van der Waals surface area contributed by atoms with Crippen molar-refractivity contribution in [1.29, 1.82) is 0 Å². The molecule has 0 unspecified atom stereocenters. The lowest BCUT2D eigenvalue weighted by Crippen LogP contribution is -2.49. The fourth-order valence-corrected chi connectivity index (χ4v) is 5.39. The van der Waals surface area contributed by atoms with Gasteiger partial charge in [0.1, 0.15) is 5.82 Å². The molecule has 4 aliphatic rings. The van der Waals surface area contributed by atoms with Crippen LogP contribution in [0, 0.1) is 29.0 Å². The largest absolute Gasteiger partial charge is 0.382 e. The minimum Gasteiger partial charge on any atom is -0.382 e. The molecule has 0 atom stereocenters. The number of hydrogen-bond acceptors (Lipinski definition) is 1. The van der Waals surface area contributed by atoms with Gasteiger partial charge in [-0.1, -0.05) is 12.1 Å². The van der Waals surface area contributed by atoms with Gasteiger partial charge in [0.2, 0.25) is 0 Å². The van der Waals surface area contributed by atoms with E-state index in [0.29, 0.717) is 11.1 Å². The maximum Gasteiger partial charge on any atom is 0.146 e. The fourth-order valence-electron chi connectivity index (χ4n) is 5.39. The minimum atomic E-state index is -0.118. The zero-order valence-corrected chi connectivity index (χ0v) is 11.4. The van der Waals surface area contributed by atoms with Crippen molar-refractivity contribution in [2.75, 3.05) is 11.9 Å². The number of para-hydroxylation sites is 1. The Labute approximate surface area is 114 Å². The molecule has 4 bridgehead atoms. The van der Waals surface area contributed by atoms with Crippen LogP contribution in [-0.2, 0) is 0 Å². The van der Waals surface area contributed by atoms with Gasteiger partial charge in [-0.25, -0.2) is 4.39 Å². The van der Waals surface area contributed by atoms with Crippen LogP contribution in [0.1, 0.15) is 38.5 Å². The van der Waals surface area contributed by atoms with Crippen LogP contribution >= 0.6 is 0 Å². The zero-order valence-electron chi connectivity index (χ0n) is 11.4. The first kappa shape index (κ1) is 11.7. The molecule has 1 aromatic rings. The SMILES string of the molecule is Fc1ccccc1NCC12CC3CC(CC(C3)C1)C2. The Hall–Kier alpha value is -1.05. The van der Waals surface area contributed by atoms with E-state index < -0.39 is 0 Å². The van der Waals surface area contributed by atoms with Crippen molar-refractivity contribution in [2.45, 2.75) is 38.5 Å². The maximum atomic E-state index is 13.7. The Balaban J connectivity index is 1.49. The van der Waals surface area contributed by atoms with Crippen molar-refractivity contribution in [3.8, 4) is 0 Å². The lowest BCUT2D eigenvalue weighted by atomic mass is 9.49.